The molecule has 2 rings (SSSR count). The molecule has 0 heterocycles. The maximum atomic E-state index is 13.0. The predicted octanol–water partition coefficient (Wildman–Crippen LogP) is 3.79. The first-order chi connectivity index (χ1) is 11.8. The number of amides is 1. The lowest BCUT2D eigenvalue weighted by Gasteiger charge is -2.19. The summed E-state index contributed by atoms with van der Waals surface area (Å²) in [6.07, 6.45) is 1.22. The van der Waals surface area contributed by atoms with Gasteiger partial charge in [-0.3, -0.25) is 4.79 Å². The normalized spacial score (nSPS) is 11.6. The standard InChI is InChI=1S/C19H20F2N2O2/c1-19(2,3)14-5-7-15(8-6-14)25-12-18(24)23-22-11-13-4-9-16(20)17(21)10-13/h4-11H,12H2,1-3H3,(H,23,24)/b22-11+. The first-order valence-electron chi connectivity index (χ1n) is 7.76. The Balaban J connectivity index is 1.82. The van der Waals surface area contributed by atoms with Crippen LogP contribution in [0.4, 0.5) is 8.78 Å². The van der Waals surface area contributed by atoms with E-state index in [4.69, 9.17) is 4.74 Å². The Hall–Kier alpha value is -2.76. The van der Waals surface area contributed by atoms with Crippen molar-refractivity contribution in [3.8, 4) is 5.75 Å². The first-order valence-corrected chi connectivity index (χ1v) is 7.76. The molecule has 1 amide bonds. The van der Waals surface area contributed by atoms with E-state index in [0.29, 0.717) is 11.3 Å². The lowest BCUT2D eigenvalue weighted by Crippen LogP contribution is -2.24. The molecule has 132 valence electrons. The molecule has 0 aliphatic rings. The molecule has 0 aliphatic heterocycles. The fourth-order valence-electron chi connectivity index (χ4n) is 2.00. The Bertz CT molecular complexity index is 766. The van der Waals surface area contributed by atoms with Crippen LogP contribution in [0, 0.1) is 11.6 Å². The molecule has 2 aromatic rings. The third-order valence-corrected chi connectivity index (χ3v) is 3.44. The Kier molecular flexibility index (Phi) is 5.85. The van der Waals surface area contributed by atoms with Crippen molar-refractivity contribution in [3.05, 3.63) is 65.2 Å². The third kappa shape index (κ3) is 5.67. The van der Waals surface area contributed by atoms with Crippen LogP contribution in [0.3, 0.4) is 0 Å². The fraction of sp³-hybridized carbons (Fsp3) is 0.263. The maximum absolute atomic E-state index is 13.0. The van der Waals surface area contributed by atoms with Crippen molar-refractivity contribution in [3.63, 3.8) is 0 Å². The minimum absolute atomic E-state index is 0.0461. The van der Waals surface area contributed by atoms with Crippen LogP contribution >= 0.6 is 0 Å². The number of hydrogen-bond acceptors (Lipinski definition) is 3. The van der Waals surface area contributed by atoms with Crippen molar-refractivity contribution in [2.75, 3.05) is 6.61 Å². The summed E-state index contributed by atoms with van der Waals surface area (Å²) in [5.74, 6) is -1.80. The molecular weight excluding hydrogens is 326 g/mol. The van der Waals surface area contributed by atoms with Crippen molar-refractivity contribution in [2.24, 2.45) is 5.10 Å². The molecule has 0 radical (unpaired) electrons. The molecule has 0 spiro atoms. The molecule has 1 N–H and O–H groups in total. The first kappa shape index (κ1) is 18.6. The number of carbonyl (C=O) groups excluding carboxylic acids is 1. The molecular formula is C19H20F2N2O2. The number of hydrogen-bond donors (Lipinski definition) is 1. The molecule has 0 atom stereocenters. The SMILES string of the molecule is CC(C)(C)c1ccc(OCC(=O)N/N=C/c2ccc(F)c(F)c2)cc1. The highest BCUT2D eigenvalue weighted by Gasteiger charge is 2.13. The topological polar surface area (TPSA) is 50.7 Å². The van der Waals surface area contributed by atoms with Crippen LogP contribution in [-0.4, -0.2) is 18.7 Å². The van der Waals surface area contributed by atoms with Crippen molar-refractivity contribution in [1.29, 1.82) is 0 Å². The van der Waals surface area contributed by atoms with Crippen LogP contribution in [0.1, 0.15) is 31.9 Å². The lowest BCUT2D eigenvalue weighted by molar-refractivity contribution is -0.123. The number of halogens is 2. The molecule has 0 aromatic heterocycles. The van der Waals surface area contributed by atoms with E-state index in [1.807, 2.05) is 12.1 Å². The molecule has 0 aliphatic carbocycles. The smallest absolute Gasteiger partial charge is 0.277 e. The Labute approximate surface area is 145 Å². The summed E-state index contributed by atoms with van der Waals surface area (Å²) in [6.45, 7) is 6.13. The van der Waals surface area contributed by atoms with Gasteiger partial charge in [0.25, 0.3) is 5.91 Å². The van der Waals surface area contributed by atoms with E-state index in [9.17, 15) is 13.6 Å². The van der Waals surface area contributed by atoms with Gasteiger partial charge in [0.1, 0.15) is 5.75 Å². The maximum Gasteiger partial charge on any atom is 0.277 e. The van der Waals surface area contributed by atoms with Crippen LogP contribution in [-0.2, 0) is 10.2 Å². The van der Waals surface area contributed by atoms with Gasteiger partial charge < -0.3 is 4.74 Å². The number of nitrogens with zero attached hydrogens (tertiary/aromatic N) is 1. The minimum Gasteiger partial charge on any atom is -0.484 e. The second-order valence-corrected chi connectivity index (χ2v) is 6.53. The number of benzene rings is 2. The second kappa shape index (κ2) is 7.88. The highest BCUT2D eigenvalue weighted by Crippen LogP contribution is 2.24. The summed E-state index contributed by atoms with van der Waals surface area (Å²) in [5, 5.41) is 3.68. The number of ether oxygens (including phenoxy) is 1. The van der Waals surface area contributed by atoms with Gasteiger partial charge in [-0.1, -0.05) is 39.0 Å². The van der Waals surface area contributed by atoms with E-state index in [1.165, 1.54) is 17.8 Å². The summed E-state index contributed by atoms with van der Waals surface area (Å²) >= 11 is 0. The molecule has 4 nitrogen and oxygen atoms in total. The zero-order valence-electron chi connectivity index (χ0n) is 14.3. The molecule has 0 unspecified atom stereocenters. The van der Waals surface area contributed by atoms with E-state index in [2.05, 4.69) is 31.3 Å². The average Bonchev–Trinajstić information content (AvgIpc) is 2.56. The molecule has 25 heavy (non-hydrogen) atoms. The Morgan fingerprint density at radius 3 is 2.40 bits per heavy atom. The highest BCUT2D eigenvalue weighted by molar-refractivity contribution is 5.82. The minimum atomic E-state index is -0.975. The molecule has 0 bridgehead atoms. The van der Waals surface area contributed by atoms with Gasteiger partial charge in [-0.2, -0.15) is 5.10 Å². The predicted molar refractivity (Wildman–Crippen MR) is 92.7 cm³/mol. The van der Waals surface area contributed by atoms with Gasteiger partial charge >= 0.3 is 0 Å². The summed E-state index contributed by atoms with van der Waals surface area (Å²) in [5.41, 5.74) is 3.80. The van der Waals surface area contributed by atoms with E-state index in [0.717, 1.165) is 12.1 Å². The molecule has 0 saturated carbocycles. The average molecular weight is 346 g/mol. The lowest BCUT2D eigenvalue weighted by atomic mass is 9.87. The largest absolute Gasteiger partial charge is 0.484 e. The van der Waals surface area contributed by atoms with Gasteiger partial charge in [-0.25, -0.2) is 14.2 Å². The van der Waals surface area contributed by atoms with E-state index < -0.39 is 17.5 Å². The van der Waals surface area contributed by atoms with Crippen LogP contribution in [0.5, 0.6) is 5.75 Å². The molecule has 0 fully saturated rings. The number of carbonyl (C=O) groups is 1. The van der Waals surface area contributed by atoms with Crippen LogP contribution in [0.15, 0.2) is 47.6 Å². The van der Waals surface area contributed by atoms with E-state index in [1.54, 1.807) is 12.1 Å². The summed E-state index contributed by atoms with van der Waals surface area (Å²) < 4.78 is 31.2. The van der Waals surface area contributed by atoms with Gasteiger partial charge in [0.05, 0.1) is 6.21 Å². The zero-order valence-corrected chi connectivity index (χ0v) is 14.3. The van der Waals surface area contributed by atoms with Crippen LogP contribution < -0.4 is 10.2 Å². The van der Waals surface area contributed by atoms with Gasteiger partial charge in [0.2, 0.25) is 0 Å². The third-order valence-electron chi connectivity index (χ3n) is 3.44. The van der Waals surface area contributed by atoms with Gasteiger partial charge in [-0.15, -0.1) is 0 Å². The van der Waals surface area contributed by atoms with Crippen molar-refractivity contribution >= 4 is 12.1 Å². The molecule has 6 heteroatoms. The van der Waals surface area contributed by atoms with Gasteiger partial charge in [-0.05, 0) is 40.8 Å². The van der Waals surface area contributed by atoms with Crippen LogP contribution in [0.2, 0.25) is 0 Å². The van der Waals surface area contributed by atoms with Crippen molar-refractivity contribution < 1.29 is 18.3 Å². The fourth-order valence-corrected chi connectivity index (χ4v) is 2.00. The second-order valence-electron chi connectivity index (χ2n) is 6.53. The quantitative estimate of drug-likeness (QED) is 0.661. The van der Waals surface area contributed by atoms with E-state index in [-0.39, 0.29) is 12.0 Å². The van der Waals surface area contributed by atoms with E-state index >= 15 is 0 Å². The van der Waals surface area contributed by atoms with Crippen molar-refractivity contribution in [1.82, 2.24) is 5.43 Å². The Morgan fingerprint density at radius 2 is 1.80 bits per heavy atom. The number of rotatable bonds is 5. The van der Waals surface area contributed by atoms with Gasteiger partial charge in [0, 0.05) is 0 Å². The monoisotopic (exact) mass is 346 g/mol. The molecule has 0 saturated heterocycles. The summed E-state index contributed by atoms with van der Waals surface area (Å²) in [7, 11) is 0. The van der Waals surface area contributed by atoms with Gasteiger partial charge in [0.15, 0.2) is 18.2 Å². The highest BCUT2D eigenvalue weighted by atomic mass is 19.2. The summed E-state index contributed by atoms with van der Waals surface area (Å²) in [4.78, 5) is 11.7. The number of nitrogens with one attached hydrogen (secondary N) is 1. The Morgan fingerprint density at radius 1 is 1.12 bits per heavy atom. The van der Waals surface area contributed by atoms with Crippen molar-refractivity contribution in [2.45, 2.75) is 26.2 Å². The van der Waals surface area contributed by atoms with Crippen LogP contribution in [0.25, 0.3) is 0 Å². The zero-order chi connectivity index (χ0) is 18.4. The molecule has 2 aromatic carbocycles. The summed E-state index contributed by atoms with van der Waals surface area (Å²) in [6, 6.07) is 10.8. The number of hydrazone groups is 1.